The molecule has 158 valence electrons. The Hall–Kier alpha value is -2.47. The maximum atomic E-state index is 9.65. The van der Waals surface area contributed by atoms with Crippen molar-refractivity contribution in [2.24, 2.45) is 0 Å². The number of aliphatic hydroxyl groups excluding tert-OH is 1. The van der Waals surface area contributed by atoms with Gasteiger partial charge in [0.25, 0.3) is 0 Å². The van der Waals surface area contributed by atoms with Crippen LogP contribution in [-0.2, 0) is 13.1 Å². The van der Waals surface area contributed by atoms with Crippen molar-refractivity contribution >= 4 is 10.9 Å². The zero-order valence-corrected chi connectivity index (χ0v) is 17.7. The van der Waals surface area contributed by atoms with Crippen molar-refractivity contribution in [3.8, 4) is 5.75 Å². The van der Waals surface area contributed by atoms with E-state index in [9.17, 15) is 5.11 Å². The molecule has 0 bridgehead atoms. The zero-order valence-electron chi connectivity index (χ0n) is 17.7. The van der Waals surface area contributed by atoms with Gasteiger partial charge in [-0.25, -0.2) is 0 Å². The van der Waals surface area contributed by atoms with Gasteiger partial charge in [0.15, 0.2) is 0 Å². The molecule has 0 spiro atoms. The van der Waals surface area contributed by atoms with Gasteiger partial charge in [-0.15, -0.1) is 0 Å². The van der Waals surface area contributed by atoms with Crippen LogP contribution in [0, 0.1) is 0 Å². The molecule has 1 atom stereocenters. The van der Waals surface area contributed by atoms with Gasteiger partial charge in [-0.3, -0.25) is 14.8 Å². The van der Waals surface area contributed by atoms with Crippen LogP contribution >= 0.6 is 0 Å². The first-order valence-corrected chi connectivity index (χ1v) is 10.9. The van der Waals surface area contributed by atoms with Gasteiger partial charge >= 0.3 is 0 Å². The van der Waals surface area contributed by atoms with E-state index in [4.69, 9.17) is 9.72 Å². The van der Waals surface area contributed by atoms with Gasteiger partial charge < -0.3 is 9.84 Å². The minimum atomic E-state index is 0.205. The maximum absolute atomic E-state index is 9.65. The molecule has 4 rings (SSSR count). The molecule has 0 radical (unpaired) electrons. The van der Waals surface area contributed by atoms with E-state index >= 15 is 0 Å². The van der Waals surface area contributed by atoms with Gasteiger partial charge in [-0.1, -0.05) is 42.5 Å². The van der Waals surface area contributed by atoms with E-state index in [1.807, 2.05) is 31.2 Å². The summed E-state index contributed by atoms with van der Waals surface area (Å²) < 4.78 is 5.81. The van der Waals surface area contributed by atoms with Crippen molar-refractivity contribution in [3.05, 3.63) is 71.9 Å². The minimum Gasteiger partial charge on any atom is -0.494 e. The Balaban J connectivity index is 1.43. The van der Waals surface area contributed by atoms with Crippen molar-refractivity contribution in [3.63, 3.8) is 0 Å². The number of para-hydroxylation sites is 2. The number of pyridine rings is 1. The smallest absolute Gasteiger partial charge is 0.123 e. The van der Waals surface area contributed by atoms with Gasteiger partial charge in [0.2, 0.25) is 0 Å². The lowest BCUT2D eigenvalue weighted by atomic mass is 10.1. The van der Waals surface area contributed by atoms with Crippen LogP contribution in [0.5, 0.6) is 5.75 Å². The summed E-state index contributed by atoms with van der Waals surface area (Å²) in [6.07, 6.45) is 0.776. The number of piperazine rings is 1. The summed E-state index contributed by atoms with van der Waals surface area (Å²) in [7, 11) is 0. The highest BCUT2D eigenvalue weighted by molar-refractivity contribution is 5.78. The molecule has 1 aliphatic heterocycles. The molecule has 3 aromatic rings. The number of hydrogen-bond donors (Lipinski definition) is 1. The van der Waals surface area contributed by atoms with Crippen LogP contribution in [0.4, 0.5) is 0 Å². The Morgan fingerprint density at radius 2 is 1.83 bits per heavy atom. The summed E-state index contributed by atoms with van der Waals surface area (Å²) in [5.74, 6) is 0.963. The molecular formula is C25H31N3O2. The molecule has 1 unspecified atom stereocenters. The first kappa shape index (κ1) is 20.8. The third-order valence-electron chi connectivity index (χ3n) is 5.84. The summed E-state index contributed by atoms with van der Waals surface area (Å²) in [6.45, 7) is 7.49. The number of ether oxygens (including phenoxy) is 1. The van der Waals surface area contributed by atoms with E-state index in [2.05, 4.69) is 46.2 Å². The third-order valence-corrected chi connectivity index (χ3v) is 5.84. The number of aliphatic hydroxyl groups is 1. The molecule has 0 saturated carbocycles. The second-order valence-electron chi connectivity index (χ2n) is 7.91. The Morgan fingerprint density at radius 1 is 1.00 bits per heavy atom. The molecule has 0 amide bonds. The summed E-state index contributed by atoms with van der Waals surface area (Å²) in [4.78, 5) is 9.78. The minimum absolute atomic E-state index is 0.205. The number of aromatic nitrogens is 1. The predicted octanol–water partition coefficient (Wildman–Crippen LogP) is 3.70. The lowest BCUT2D eigenvalue weighted by molar-refractivity contribution is 0.0489. The highest BCUT2D eigenvalue weighted by Crippen LogP contribution is 2.24. The lowest BCUT2D eigenvalue weighted by Gasteiger charge is -2.41. The van der Waals surface area contributed by atoms with Crippen molar-refractivity contribution in [1.29, 1.82) is 0 Å². The SMILES string of the molecule is CCOc1ccccc1CN1CCN(Cc2ccc3ccccc3n2)CC1CCO. The first-order valence-electron chi connectivity index (χ1n) is 10.9. The third kappa shape index (κ3) is 4.98. The van der Waals surface area contributed by atoms with Gasteiger partial charge in [0.05, 0.1) is 17.8 Å². The van der Waals surface area contributed by atoms with Crippen LogP contribution in [0.15, 0.2) is 60.7 Å². The summed E-state index contributed by atoms with van der Waals surface area (Å²) >= 11 is 0. The molecule has 1 N–H and O–H groups in total. The normalized spacial score (nSPS) is 18.0. The molecule has 2 heterocycles. The van der Waals surface area contributed by atoms with Gasteiger partial charge in [-0.05, 0) is 31.5 Å². The average molecular weight is 406 g/mol. The Bertz CT molecular complexity index is 962. The number of benzene rings is 2. The van der Waals surface area contributed by atoms with Crippen molar-refractivity contribution < 1.29 is 9.84 Å². The molecule has 30 heavy (non-hydrogen) atoms. The summed E-state index contributed by atoms with van der Waals surface area (Å²) in [6, 6.07) is 21.1. The molecule has 5 nitrogen and oxygen atoms in total. The van der Waals surface area contributed by atoms with Crippen LogP contribution in [0.1, 0.15) is 24.6 Å². The molecule has 2 aromatic carbocycles. The molecule has 0 aliphatic carbocycles. The van der Waals surface area contributed by atoms with Gasteiger partial charge in [0.1, 0.15) is 5.75 Å². The fourth-order valence-electron chi connectivity index (χ4n) is 4.31. The largest absolute Gasteiger partial charge is 0.494 e. The van der Waals surface area contributed by atoms with Crippen LogP contribution in [0.3, 0.4) is 0 Å². The lowest BCUT2D eigenvalue weighted by Crippen LogP contribution is -2.52. The second kappa shape index (κ2) is 10.0. The topological polar surface area (TPSA) is 48.8 Å². The van der Waals surface area contributed by atoms with Crippen LogP contribution < -0.4 is 4.74 Å². The maximum Gasteiger partial charge on any atom is 0.123 e. The van der Waals surface area contributed by atoms with Crippen LogP contribution in [0.2, 0.25) is 0 Å². The van der Waals surface area contributed by atoms with E-state index in [-0.39, 0.29) is 6.61 Å². The molecule has 1 fully saturated rings. The van der Waals surface area contributed by atoms with Crippen LogP contribution in [0.25, 0.3) is 10.9 Å². The van der Waals surface area contributed by atoms with E-state index < -0.39 is 0 Å². The Morgan fingerprint density at radius 3 is 2.70 bits per heavy atom. The fourth-order valence-corrected chi connectivity index (χ4v) is 4.31. The fraction of sp³-hybridized carbons (Fsp3) is 0.400. The Labute approximate surface area is 178 Å². The highest BCUT2D eigenvalue weighted by Gasteiger charge is 2.27. The average Bonchev–Trinajstić information content (AvgIpc) is 2.77. The monoisotopic (exact) mass is 405 g/mol. The highest BCUT2D eigenvalue weighted by atomic mass is 16.5. The zero-order chi connectivity index (χ0) is 20.8. The number of rotatable bonds is 8. The van der Waals surface area contributed by atoms with Crippen molar-refractivity contribution in [1.82, 2.24) is 14.8 Å². The second-order valence-corrected chi connectivity index (χ2v) is 7.91. The number of nitrogens with zero attached hydrogens (tertiary/aromatic N) is 3. The number of fused-ring (bicyclic) bond motifs is 1. The van der Waals surface area contributed by atoms with E-state index in [0.717, 1.165) is 56.1 Å². The quantitative estimate of drug-likeness (QED) is 0.619. The van der Waals surface area contributed by atoms with Gasteiger partial charge in [0, 0.05) is 56.3 Å². The van der Waals surface area contributed by atoms with Crippen molar-refractivity contribution in [2.75, 3.05) is 32.8 Å². The summed E-state index contributed by atoms with van der Waals surface area (Å²) in [5, 5.41) is 10.8. The number of hydrogen-bond acceptors (Lipinski definition) is 5. The Kier molecular flexibility index (Phi) is 6.95. The molecular weight excluding hydrogens is 374 g/mol. The van der Waals surface area contributed by atoms with Gasteiger partial charge in [-0.2, -0.15) is 0 Å². The van der Waals surface area contributed by atoms with E-state index in [1.165, 1.54) is 10.9 Å². The van der Waals surface area contributed by atoms with E-state index in [0.29, 0.717) is 12.6 Å². The molecule has 1 aliphatic rings. The van der Waals surface area contributed by atoms with Crippen molar-refractivity contribution in [2.45, 2.75) is 32.5 Å². The van der Waals surface area contributed by atoms with E-state index in [1.54, 1.807) is 0 Å². The molecule has 1 saturated heterocycles. The van der Waals surface area contributed by atoms with Crippen LogP contribution in [-0.4, -0.2) is 58.8 Å². The standard InChI is InChI=1S/C25H31N3O2/c1-2-30-25-10-6-4-8-21(25)17-28-15-14-27(19-23(28)13-16-29)18-22-12-11-20-7-3-5-9-24(20)26-22/h3-12,23,29H,2,13-19H2,1H3. The molecule has 1 aromatic heterocycles. The summed E-state index contributed by atoms with van der Waals surface area (Å²) in [5.41, 5.74) is 3.37. The molecule has 5 heteroatoms. The first-order chi connectivity index (χ1) is 14.8. The predicted molar refractivity (Wildman–Crippen MR) is 121 cm³/mol.